The molecule has 146 valence electrons. The number of carbonyl (C=O) groups excluding carboxylic acids is 2. The van der Waals surface area contributed by atoms with E-state index >= 15 is 0 Å². The van der Waals surface area contributed by atoms with Gasteiger partial charge in [0.25, 0.3) is 11.8 Å². The molecule has 0 aliphatic rings. The van der Waals surface area contributed by atoms with Crippen LogP contribution < -0.4 is 10.7 Å². The average Bonchev–Trinajstić information content (AvgIpc) is 2.72. The summed E-state index contributed by atoms with van der Waals surface area (Å²) in [5.74, 6) is -0.571. The van der Waals surface area contributed by atoms with Crippen LogP contribution in [0, 0.1) is 0 Å². The molecule has 0 atom stereocenters. The van der Waals surface area contributed by atoms with E-state index in [1.807, 2.05) is 12.1 Å². The van der Waals surface area contributed by atoms with E-state index in [-0.39, 0.29) is 11.8 Å². The van der Waals surface area contributed by atoms with E-state index in [0.717, 1.165) is 10.0 Å². The number of carbonyl (C=O) groups is 2. The van der Waals surface area contributed by atoms with E-state index in [0.29, 0.717) is 27.5 Å². The number of nitrogens with zero attached hydrogens (tertiary/aromatic N) is 1. The Morgan fingerprint density at radius 1 is 0.862 bits per heavy atom. The molecule has 7 heteroatoms. The standard InChI is InChI=1S/C22H17BrClN3O2/c1-14(26-27-22(29)16-6-2-8-18(23)11-16)15-5-4-10-20(13-15)25-21(28)17-7-3-9-19(24)12-17/h2-13H,1H3,(H,25,28)(H,27,29)/b26-14+. The highest BCUT2D eigenvalue weighted by molar-refractivity contribution is 9.10. The monoisotopic (exact) mass is 469 g/mol. The first-order chi connectivity index (χ1) is 13.9. The first-order valence-corrected chi connectivity index (χ1v) is 9.87. The minimum atomic E-state index is -0.309. The van der Waals surface area contributed by atoms with Crippen molar-refractivity contribution in [2.24, 2.45) is 5.10 Å². The molecule has 2 N–H and O–H groups in total. The third kappa shape index (κ3) is 5.76. The smallest absolute Gasteiger partial charge is 0.271 e. The van der Waals surface area contributed by atoms with Gasteiger partial charge in [0.2, 0.25) is 0 Å². The van der Waals surface area contributed by atoms with E-state index in [4.69, 9.17) is 11.6 Å². The van der Waals surface area contributed by atoms with Gasteiger partial charge in [-0.25, -0.2) is 5.43 Å². The molecule has 0 aromatic heterocycles. The van der Waals surface area contributed by atoms with E-state index < -0.39 is 0 Å². The van der Waals surface area contributed by atoms with Crippen LogP contribution in [0.5, 0.6) is 0 Å². The summed E-state index contributed by atoms with van der Waals surface area (Å²) >= 11 is 9.28. The lowest BCUT2D eigenvalue weighted by atomic mass is 10.1. The van der Waals surface area contributed by atoms with Crippen LogP contribution in [0.15, 0.2) is 82.4 Å². The summed E-state index contributed by atoms with van der Waals surface area (Å²) in [5, 5.41) is 7.49. The molecule has 0 saturated carbocycles. The lowest BCUT2D eigenvalue weighted by molar-refractivity contribution is 0.0954. The molecule has 0 bridgehead atoms. The topological polar surface area (TPSA) is 70.6 Å². The summed E-state index contributed by atoms with van der Waals surface area (Å²) in [4.78, 5) is 24.6. The molecule has 3 rings (SSSR count). The second-order valence-corrected chi connectivity index (χ2v) is 7.55. The number of anilines is 1. The maximum Gasteiger partial charge on any atom is 0.271 e. The molecule has 0 aliphatic carbocycles. The first kappa shape index (κ1) is 20.8. The molecular formula is C22H17BrClN3O2. The van der Waals surface area contributed by atoms with Gasteiger partial charge in [-0.05, 0) is 61.0 Å². The van der Waals surface area contributed by atoms with E-state index in [1.54, 1.807) is 67.6 Å². The van der Waals surface area contributed by atoms with Crippen LogP contribution in [0.25, 0.3) is 0 Å². The molecule has 0 spiro atoms. The minimum absolute atomic E-state index is 0.262. The molecule has 0 heterocycles. The van der Waals surface area contributed by atoms with Crippen molar-refractivity contribution in [2.45, 2.75) is 6.92 Å². The zero-order chi connectivity index (χ0) is 20.8. The molecule has 0 aliphatic heterocycles. The number of amides is 2. The number of rotatable bonds is 5. The summed E-state index contributed by atoms with van der Waals surface area (Å²) < 4.78 is 0.814. The van der Waals surface area contributed by atoms with Gasteiger partial charge in [-0.2, -0.15) is 5.10 Å². The Morgan fingerprint density at radius 2 is 1.52 bits per heavy atom. The van der Waals surface area contributed by atoms with Gasteiger partial charge >= 0.3 is 0 Å². The van der Waals surface area contributed by atoms with Crippen molar-refractivity contribution in [3.8, 4) is 0 Å². The Hall–Kier alpha value is -2.96. The van der Waals surface area contributed by atoms with Crippen LogP contribution in [-0.2, 0) is 0 Å². The summed E-state index contributed by atoms with van der Waals surface area (Å²) in [6, 6.07) is 21.0. The molecule has 3 aromatic rings. The highest BCUT2D eigenvalue weighted by atomic mass is 79.9. The van der Waals surface area contributed by atoms with Crippen LogP contribution >= 0.6 is 27.5 Å². The third-order valence-electron chi connectivity index (χ3n) is 4.04. The average molecular weight is 471 g/mol. The number of halogens is 2. The van der Waals surface area contributed by atoms with Crippen LogP contribution in [0.1, 0.15) is 33.2 Å². The highest BCUT2D eigenvalue weighted by Gasteiger charge is 2.09. The zero-order valence-corrected chi connectivity index (χ0v) is 17.8. The maximum absolute atomic E-state index is 12.4. The molecule has 2 amide bonds. The van der Waals surface area contributed by atoms with Crippen LogP contribution in [-0.4, -0.2) is 17.5 Å². The van der Waals surface area contributed by atoms with E-state index in [2.05, 4.69) is 31.8 Å². The van der Waals surface area contributed by atoms with Crippen molar-refractivity contribution in [2.75, 3.05) is 5.32 Å². The number of hydrazone groups is 1. The van der Waals surface area contributed by atoms with E-state index in [9.17, 15) is 9.59 Å². The minimum Gasteiger partial charge on any atom is -0.322 e. The molecule has 29 heavy (non-hydrogen) atoms. The predicted octanol–water partition coefficient (Wildman–Crippen LogP) is 5.51. The number of benzene rings is 3. The quantitative estimate of drug-likeness (QED) is 0.381. The normalized spacial score (nSPS) is 11.1. The van der Waals surface area contributed by atoms with Crippen LogP contribution in [0.3, 0.4) is 0 Å². The molecule has 0 fully saturated rings. The molecular weight excluding hydrogens is 454 g/mol. The Balaban J connectivity index is 1.70. The second-order valence-electron chi connectivity index (χ2n) is 6.19. The summed E-state index contributed by atoms with van der Waals surface area (Å²) in [6.45, 7) is 1.78. The first-order valence-electron chi connectivity index (χ1n) is 8.70. The van der Waals surface area contributed by atoms with Crippen molar-refractivity contribution in [3.05, 3.63) is 99.0 Å². The van der Waals surface area contributed by atoms with E-state index in [1.165, 1.54) is 0 Å². The van der Waals surface area contributed by atoms with Crippen LogP contribution in [0.2, 0.25) is 5.02 Å². The Morgan fingerprint density at radius 3 is 2.24 bits per heavy atom. The summed E-state index contributed by atoms with van der Waals surface area (Å²) in [6.07, 6.45) is 0. The van der Waals surface area contributed by atoms with Crippen molar-refractivity contribution in [3.63, 3.8) is 0 Å². The molecule has 0 unspecified atom stereocenters. The highest BCUT2D eigenvalue weighted by Crippen LogP contribution is 2.16. The fraction of sp³-hybridized carbons (Fsp3) is 0.0455. The molecule has 0 saturated heterocycles. The van der Waals surface area contributed by atoms with Crippen molar-refractivity contribution in [1.29, 1.82) is 0 Å². The largest absolute Gasteiger partial charge is 0.322 e. The zero-order valence-electron chi connectivity index (χ0n) is 15.4. The van der Waals surface area contributed by atoms with Gasteiger partial charge < -0.3 is 5.32 Å². The lowest BCUT2D eigenvalue weighted by Crippen LogP contribution is -2.19. The summed E-state index contributed by atoms with van der Waals surface area (Å²) in [7, 11) is 0. The number of nitrogens with one attached hydrogen (secondary N) is 2. The van der Waals surface area contributed by atoms with Gasteiger partial charge in [-0.3, -0.25) is 9.59 Å². The van der Waals surface area contributed by atoms with Gasteiger partial charge in [-0.15, -0.1) is 0 Å². The van der Waals surface area contributed by atoms with Gasteiger partial charge in [-0.1, -0.05) is 51.8 Å². The number of hydrogen-bond donors (Lipinski definition) is 2. The number of hydrogen-bond acceptors (Lipinski definition) is 3. The van der Waals surface area contributed by atoms with Gasteiger partial charge in [0.05, 0.1) is 5.71 Å². The SMILES string of the molecule is C/C(=N\NC(=O)c1cccc(Br)c1)c1cccc(NC(=O)c2cccc(Cl)c2)c1. The maximum atomic E-state index is 12.4. The van der Waals surface area contributed by atoms with Gasteiger partial charge in [0, 0.05) is 26.3 Å². The molecule has 3 aromatic carbocycles. The van der Waals surface area contributed by atoms with Gasteiger partial charge in [0.15, 0.2) is 0 Å². The lowest BCUT2D eigenvalue weighted by Gasteiger charge is -2.08. The fourth-order valence-electron chi connectivity index (χ4n) is 2.55. The van der Waals surface area contributed by atoms with Crippen molar-refractivity contribution < 1.29 is 9.59 Å². The molecule has 5 nitrogen and oxygen atoms in total. The second kappa shape index (κ2) is 9.49. The Kier molecular flexibility index (Phi) is 6.80. The Labute approximate surface area is 181 Å². The van der Waals surface area contributed by atoms with Crippen molar-refractivity contribution in [1.82, 2.24) is 5.43 Å². The van der Waals surface area contributed by atoms with Crippen molar-refractivity contribution >= 4 is 50.7 Å². The fourth-order valence-corrected chi connectivity index (χ4v) is 3.14. The van der Waals surface area contributed by atoms with Crippen LogP contribution in [0.4, 0.5) is 5.69 Å². The van der Waals surface area contributed by atoms with Gasteiger partial charge in [0.1, 0.15) is 0 Å². The third-order valence-corrected chi connectivity index (χ3v) is 4.77. The summed E-state index contributed by atoms with van der Waals surface area (Å²) in [5.41, 5.74) is 5.49. The Bertz CT molecular complexity index is 1100. The predicted molar refractivity (Wildman–Crippen MR) is 120 cm³/mol. The molecule has 0 radical (unpaired) electrons.